The predicted octanol–water partition coefficient (Wildman–Crippen LogP) is -0.213. The molecule has 0 aromatic heterocycles. The lowest BCUT2D eigenvalue weighted by Gasteiger charge is -2.25. The Morgan fingerprint density at radius 1 is 1.35 bits per heavy atom. The molecule has 0 aliphatic heterocycles. The van der Waals surface area contributed by atoms with Crippen molar-refractivity contribution >= 4 is 10.2 Å². The molecule has 0 saturated carbocycles. The number of rotatable bonds is 9. The molecule has 0 amide bonds. The summed E-state index contributed by atoms with van der Waals surface area (Å²) in [7, 11) is 1.56. The minimum atomic E-state index is -3.41. The molecule has 0 bridgehead atoms. The van der Waals surface area contributed by atoms with Gasteiger partial charge in [-0.1, -0.05) is 0 Å². The minimum Gasteiger partial charge on any atom is -0.377 e. The van der Waals surface area contributed by atoms with Crippen LogP contribution in [0.4, 0.5) is 0 Å². The summed E-state index contributed by atoms with van der Waals surface area (Å²) in [6.07, 6.45) is 0.779. The van der Waals surface area contributed by atoms with Crippen LogP contribution in [0.5, 0.6) is 0 Å². The SMILES string of the molecule is CNCCCN(C)S(=O)(=O)NCC(C)(C)OC. The predicted molar refractivity (Wildman–Crippen MR) is 69.2 cm³/mol. The number of hydrogen-bond donors (Lipinski definition) is 2. The number of nitrogens with zero attached hydrogens (tertiary/aromatic N) is 1. The average molecular weight is 267 g/mol. The van der Waals surface area contributed by atoms with Crippen molar-refractivity contribution < 1.29 is 13.2 Å². The van der Waals surface area contributed by atoms with E-state index in [4.69, 9.17) is 4.74 Å². The summed E-state index contributed by atoms with van der Waals surface area (Å²) in [6, 6.07) is 0. The molecule has 0 aliphatic rings. The van der Waals surface area contributed by atoms with Crippen LogP contribution in [-0.2, 0) is 14.9 Å². The summed E-state index contributed by atoms with van der Waals surface area (Å²) in [5.74, 6) is 0. The van der Waals surface area contributed by atoms with E-state index in [1.54, 1.807) is 14.2 Å². The molecular formula is C10H25N3O3S. The van der Waals surface area contributed by atoms with Crippen LogP contribution in [0, 0.1) is 0 Å². The number of methoxy groups -OCH3 is 1. The van der Waals surface area contributed by atoms with Gasteiger partial charge < -0.3 is 10.1 Å². The van der Waals surface area contributed by atoms with Gasteiger partial charge >= 0.3 is 0 Å². The molecule has 0 fully saturated rings. The van der Waals surface area contributed by atoms with E-state index in [1.165, 1.54) is 4.31 Å². The summed E-state index contributed by atoms with van der Waals surface area (Å²) in [5, 5.41) is 2.98. The first kappa shape index (κ1) is 16.8. The quantitative estimate of drug-likeness (QED) is 0.567. The zero-order valence-corrected chi connectivity index (χ0v) is 12.2. The van der Waals surface area contributed by atoms with Crippen LogP contribution >= 0.6 is 0 Å². The number of hydrogen-bond acceptors (Lipinski definition) is 4. The zero-order chi connectivity index (χ0) is 13.5. The second kappa shape index (κ2) is 7.27. The van der Waals surface area contributed by atoms with Gasteiger partial charge in [-0.3, -0.25) is 0 Å². The molecular weight excluding hydrogens is 242 g/mol. The van der Waals surface area contributed by atoms with Crippen LogP contribution in [-0.4, -0.2) is 59.2 Å². The Kier molecular flexibility index (Phi) is 7.18. The van der Waals surface area contributed by atoms with Gasteiger partial charge in [0.1, 0.15) is 0 Å². The lowest BCUT2D eigenvalue weighted by atomic mass is 10.1. The Morgan fingerprint density at radius 3 is 2.41 bits per heavy atom. The fraction of sp³-hybridized carbons (Fsp3) is 1.00. The Labute approximate surface area is 105 Å². The lowest BCUT2D eigenvalue weighted by molar-refractivity contribution is 0.0273. The topological polar surface area (TPSA) is 70.7 Å². The van der Waals surface area contributed by atoms with Crippen molar-refractivity contribution in [1.29, 1.82) is 0 Å². The molecule has 0 heterocycles. The van der Waals surface area contributed by atoms with Crippen LogP contribution in [0.3, 0.4) is 0 Å². The van der Waals surface area contributed by atoms with Gasteiger partial charge in [0.05, 0.1) is 5.60 Å². The fourth-order valence-electron chi connectivity index (χ4n) is 1.05. The van der Waals surface area contributed by atoms with Crippen molar-refractivity contribution in [3.63, 3.8) is 0 Å². The van der Waals surface area contributed by atoms with E-state index < -0.39 is 15.8 Å². The molecule has 17 heavy (non-hydrogen) atoms. The highest BCUT2D eigenvalue weighted by Crippen LogP contribution is 2.06. The van der Waals surface area contributed by atoms with Crippen LogP contribution in [0.1, 0.15) is 20.3 Å². The molecule has 7 heteroatoms. The van der Waals surface area contributed by atoms with Gasteiger partial charge in [0.15, 0.2) is 0 Å². The van der Waals surface area contributed by atoms with E-state index in [0.29, 0.717) is 6.54 Å². The van der Waals surface area contributed by atoms with E-state index in [-0.39, 0.29) is 6.54 Å². The Bertz CT molecular complexity index is 304. The molecule has 2 N–H and O–H groups in total. The Hall–Kier alpha value is -0.210. The third-order valence-electron chi connectivity index (χ3n) is 2.54. The highest BCUT2D eigenvalue weighted by molar-refractivity contribution is 7.87. The third-order valence-corrected chi connectivity index (χ3v) is 4.06. The largest absolute Gasteiger partial charge is 0.377 e. The third kappa shape index (κ3) is 6.95. The second-order valence-corrected chi connectivity index (χ2v) is 6.43. The second-order valence-electron chi connectivity index (χ2n) is 4.57. The molecule has 0 spiro atoms. The van der Waals surface area contributed by atoms with Crippen LogP contribution in [0.2, 0.25) is 0 Å². The highest BCUT2D eigenvalue weighted by Gasteiger charge is 2.22. The first-order chi connectivity index (χ1) is 7.75. The molecule has 0 saturated heterocycles. The van der Waals surface area contributed by atoms with Crippen LogP contribution in [0.25, 0.3) is 0 Å². The molecule has 0 unspecified atom stereocenters. The summed E-state index contributed by atoms with van der Waals surface area (Å²) >= 11 is 0. The maximum absolute atomic E-state index is 11.8. The molecule has 0 aromatic rings. The van der Waals surface area contributed by atoms with Crippen molar-refractivity contribution in [3.8, 4) is 0 Å². The molecule has 0 aliphatic carbocycles. The van der Waals surface area contributed by atoms with Gasteiger partial charge in [-0.15, -0.1) is 0 Å². The first-order valence-electron chi connectivity index (χ1n) is 5.66. The molecule has 104 valence electrons. The number of ether oxygens (including phenoxy) is 1. The normalized spacial score (nSPS) is 13.3. The van der Waals surface area contributed by atoms with Gasteiger partial charge in [0.25, 0.3) is 10.2 Å². The van der Waals surface area contributed by atoms with E-state index in [2.05, 4.69) is 10.0 Å². The summed E-state index contributed by atoms with van der Waals surface area (Å²) in [4.78, 5) is 0. The van der Waals surface area contributed by atoms with E-state index in [0.717, 1.165) is 13.0 Å². The highest BCUT2D eigenvalue weighted by atomic mass is 32.2. The summed E-state index contributed by atoms with van der Waals surface area (Å²) in [6.45, 7) is 5.20. The molecule has 0 aromatic carbocycles. The first-order valence-corrected chi connectivity index (χ1v) is 7.10. The van der Waals surface area contributed by atoms with E-state index >= 15 is 0 Å². The maximum atomic E-state index is 11.8. The van der Waals surface area contributed by atoms with Gasteiger partial charge in [-0.25, -0.2) is 0 Å². The minimum absolute atomic E-state index is 0.252. The summed E-state index contributed by atoms with van der Waals surface area (Å²) in [5.41, 5.74) is -0.501. The van der Waals surface area contributed by atoms with Crippen molar-refractivity contribution in [2.24, 2.45) is 0 Å². The van der Waals surface area contributed by atoms with Crippen LogP contribution < -0.4 is 10.0 Å². The van der Waals surface area contributed by atoms with E-state index in [9.17, 15) is 8.42 Å². The molecule has 6 nitrogen and oxygen atoms in total. The average Bonchev–Trinajstić information content (AvgIpc) is 2.27. The number of nitrogens with one attached hydrogen (secondary N) is 2. The van der Waals surface area contributed by atoms with Crippen molar-refractivity contribution in [1.82, 2.24) is 14.3 Å². The smallest absolute Gasteiger partial charge is 0.279 e. The van der Waals surface area contributed by atoms with Crippen LogP contribution in [0.15, 0.2) is 0 Å². The van der Waals surface area contributed by atoms with Crippen molar-refractivity contribution in [2.75, 3.05) is 40.8 Å². The standard InChI is InChI=1S/C10H25N3O3S/c1-10(2,16-5)9-12-17(14,15)13(4)8-6-7-11-3/h11-12H,6-9H2,1-5H3. The Morgan fingerprint density at radius 2 is 1.94 bits per heavy atom. The lowest BCUT2D eigenvalue weighted by Crippen LogP contribution is -2.45. The van der Waals surface area contributed by atoms with Gasteiger partial charge in [0.2, 0.25) is 0 Å². The monoisotopic (exact) mass is 267 g/mol. The van der Waals surface area contributed by atoms with Gasteiger partial charge in [0, 0.05) is 27.2 Å². The van der Waals surface area contributed by atoms with Gasteiger partial charge in [-0.2, -0.15) is 17.4 Å². The zero-order valence-electron chi connectivity index (χ0n) is 11.4. The maximum Gasteiger partial charge on any atom is 0.279 e. The van der Waals surface area contributed by atoms with E-state index in [1.807, 2.05) is 20.9 Å². The van der Waals surface area contributed by atoms with Gasteiger partial charge in [-0.05, 0) is 33.9 Å². The summed E-state index contributed by atoms with van der Waals surface area (Å²) < 4.78 is 32.7. The molecule has 0 rings (SSSR count). The molecule has 0 atom stereocenters. The Balaban J connectivity index is 4.19. The fourth-order valence-corrected chi connectivity index (χ4v) is 2.17. The van der Waals surface area contributed by atoms with Crippen molar-refractivity contribution in [3.05, 3.63) is 0 Å². The molecule has 0 radical (unpaired) electrons. The van der Waals surface area contributed by atoms with Crippen molar-refractivity contribution in [2.45, 2.75) is 25.9 Å².